The standard InChI is InChI=1S/C23H31N5O/c1-18(29)27-22-7-5-6-21(14-22)16-26-23(24-2)25-15-19-8-10-20(11-9-19)17-28-12-3-4-13-28/h5-11,14H,3-4,12-13,15-17H2,1-2H3,(H,27,29)(H2,24,25,26). The monoisotopic (exact) mass is 393 g/mol. The molecule has 0 aliphatic carbocycles. The van der Waals surface area contributed by atoms with E-state index in [-0.39, 0.29) is 5.91 Å². The van der Waals surface area contributed by atoms with Crippen LogP contribution in [-0.2, 0) is 24.4 Å². The van der Waals surface area contributed by atoms with Crippen molar-refractivity contribution in [1.82, 2.24) is 15.5 Å². The minimum Gasteiger partial charge on any atom is -0.352 e. The number of nitrogens with one attached hydrogen (secondary N) is 3. The topological polar surface area (TPSA) is 68.8 Å². The summed E-state index contributed by atoms with van der Waals surface area (Å²) < 4.78 is 0. The van der Waals surface area contributed by atoms with Crippen LogP contribution in [0.25, 0.3) is 0 Å². The molecule has 3 N–H and O–H groups in total. The normalized spacial score (nSPS) is 14.6. The van der Waals surface area contributed by atoms with Gasteiger partial charge in [-0.05, 0) is 54.8 Å². The van der Waals surface area contributed by atoms with Crippen molar-refractivity contribution in [3.8, 4) is 0 Å². The van der Waals surface area contributed by atoms with Gasteiger partial charge >= 0.3 is 0 Å². The van der Waals surface area contributed by atoms with Crippen molar-refractivity contribution in [2.24, 2.45) is 4.99 Å². The maximum absolute atomic E-state index is 11.2. The van der Waals surface area contributed by atoms with E-state index in [1.54, 1.807) is 7.05 Å². The lowest BCUT2D eigenvalue weighted by Gasteiger charge is -2.15. The summed E-state index contributed by atoms with van der Waals surface area (Å²) >= 11 is 0. The van der Waals surface area contributed by atoms with Crippen molar-refractivity contribution in [1.29, 1.82) is 0 Å². The van der Waals surface area contributed by atoms with Crippen LogP contribution >= 0.6 is 0 Å². The van der Waals surface area contributed by atoms with Crippen LogP contribution in [0, 0.1) is 0 Å². The maximum atomic E-state index is 11.2. The molecule has 6 nitrogen and oxygen atoms in total. The number of carbonyl (C=O) groups excluding carboxylic acids is 1. The lowest BCUT2D eigenvalue weighted by Crippen LogP contribution is -2.36. The Bertz CT molecular complexity index is 825. The Labute approximate surface area is 173 Å². The molecule has 0 atom stereocenters. The summed E-state index contributed by atoms with van der Waals surface area (Å²) in [4.78, 5) is 18.0. The second-order valence-corrected chi connectivity index (χ2v) is 7.46. The lowest BCUT2D eigenvalue weighted by atomic mass is 10.1. The first-order chi connectivity index (χ1) is 14.1. The zero-order chi connectivity index (χ0) is 20.5. The van der Waals surface area contributed by atoms with Crippen molar-refractivity contribution in [3.05, 3.63) is 65.2 Å². The third-order valence-corrected chi connectivity index (χ3v) is 5.02. The largest absolute Gasteiger partial charge is 0.352 e. The molecule has 1 aliphatic rings. The summed E-state index contributed by atoms with van der Waals surface area (Å²) in [6, 6.07) is 16.6. The van der Waals surface area contributed by atoms with Crippen LogP contribution in [0.2, 0.25) is 0 Å². The Morgan fingerprint density at radius 1 is 0.966 bits per heavy atom. The summed E-state index contributed by atoms with van der Waals surface area (Å²) in [5, 5.41) is 9.47. The minimum absolute atomic E-state index is 0.0703. The summed E-state index contributed by atoms with van der Waals surface area (Å²) in [5.74, 6) is 0.676. The zero-order valence-electron chi connectivity index (χ0n) is 17.4. The summed E-state index contributed by atoms with van der Waals surface area (Å²) in [6.45, 7) is 6.35. The van der Waals surface area contributed by atoms with Crippen LogP contribution in [0.1, 0.15) is 36.5 Å². The summed E-state index contributed by atoms with van der Waals surface area (Å²) in [5.41, 5.74) is 4.47. The van der Waals surface area contributed by atoms with Gasteiger partial charge in [0.1, 0.15) is 0 Å². The molecular weight excluding hydrogens is 362 g/mol. The smallest absolute Gasteiger partial charge is 0.221 e. The van der Waals surface area contributed by atoms with Crippen LogP contribution in [0.15, 0.2) is 53.5 Å². The molecule has 3 rings (SSSR count). The Morgan fingerprint density at radius 3 is 2.28 bits per heavy atom. The third-order valence-electron chi connectivity index (χ3n) is 5.02. The Balaban J connectivity index is 1.46. The number of guanidine groups is 1. The highest BCUT2D eigenvalue weighted by Gasteiger charge is 2.11. The molecule has 0 bridgehead atoms. The van der Waals surface area contributed by atoms with E-state index >= 15 is 0 Å². The predicted octanol–water partition coefficient (Wildman–Crippen LogP) is 3.11. The number of amides is 1. The van der Waals surface area contributed by atoms with E-state index in [2.05, 4.69) is 50.1 Å². The highest BCUT2D eigenvalue weighted by Crippen LogP contribution is 2.13. The van der Waals surface area contributed by atoms with Crippen molar-refractivity contribution in [2.75, 3.05) is 25.5 Å². The van der Waals surface area contributed by atoms with Crippen LogP contribution in [0.4, 0.5) is 5.69 Å². The average Bonchev–Trinajstić information content (AvgIpc) is 3.22. The van der Waals surface area contributed by atoms with Gasteiger partial charge in [-0.1, -0.05) is 36.4 Å². The molecular formula is C23H31N5O. The molecule has 2 aromatic carbocycles. The number of benzene rings is 2. The fourth-order valence-corrected chi connectivity index (χ4v) is 3.52. The molecule has 29 heavy (non-hydrogen) atoms. The molecule has 0 aromatic heterocycles. The molecule has 1 amide bonds. The molecule has 0 saturated carbocycles. The third kappa shape index (κ3) is 6.91. The van der Waals surface area contributed by atoms with E-state index < -0.39 is 0 Å². The molecule has 1 fully saturated rings. The fourth-order valence-electron chi connectivity index (χ4n) is 3.52. The van der Waals surface area contributed by atoms with Crippen LogP contribution in [0.5, 0.6) is 0 Å². The molecule has 154 valence electrons. The number of aliphatic imine (C=N–C) groups is 1. The van der Waals surface area contributed by atoms with Gasteiger partial charge < -0.3 is 16.0 Å². The zero-order valence-corrected chi connectivity index (χ0v) is 17.4. The van der Waals surface area contributed by atoms with Gasteiger partial charge in [0.25, 0.3) is 0 Å². The number of nitrogens with zero attached hydrogens (tertiary/aromatic N) is 2. The number of hydrogen-bond acceptors (Lipinski definition) is 3. The van der Waals surface area contributed by atoms with Gasteiger partial charge in [0, 0.05) is 39.3 Å². The first-order valence-electron chi connectivity index (χ1n) is 10.2. The Morgan fingerprint density at radius 2 is 1.62 bits per heavy atom. The van der Waals surface area contributed by atoms with E-state index in [0.29, 0.717) is 6.54 Å². The summed E-state index contributed by atoms with van der Waals surface area (Å²) in [7, 11) is 1.77. The molecule has 1 saturated heterocycles. The number of hydrogen-bond donors (Lipinski definition) is 3. The number of likely N-dealkylation sites (tertiary alicyclic amines) is 1. The second kappa shape index (κ2) is 10.6. The van der Waals surface area contributed by atoms with Crippen molar-refractivity contribution >= 4 is 17.6 Å². The average molecular weight is 394 g/mol. The highest BCUT2D eigenvalue weighted by atomic mass is 16.1. The fraction of sp³-hybridized carbons (Fsp3) is 0.391. The molecule has 0 spiro atoms. The van der Waals surface area contributed by atoms with Crippen LogP contribution < -0.4 is 16.0 Å². The first-order valence-corrected chi connectivity index (χ1v) is 10.2. The SMILES string of the molecule is CN=C(NCc1ccc(CN2CCCC2)cc1)NCc1cccc(NC(C)=O)c1. The van der Waals surface area contributed by atoms with Gasteiger partial charge in [-0.15, -0.1) is 0 Å². The predicted molar refractivity (Wildman–Crippen MR) is 119 cm³/mol. The molecule has 1 heterocycles. The Kier molecular flexibility index (Phi) is 7.64. The molecule has 2 aromatic rings. The van der Waals surface area contributed by atoms with E-state index in [0.717, 1.165) is 30.3 Å². The number of carbonyl (C=O) groups is 1. The minimum atomic E-state index is -0.0703. The maximum Gasteiger partial charge on any atom is 0.221 e. The van der Waals surface area contributed by atoms with Gasteiger partial charge in [0.15, 0.2) is 5.96 Å². The van der Waals surface area contributed by atoms with Gasteiger partial charge in [-0.25, -0.2) is 0 Å². The first kappa shape index (κ1) is 20.9. The Hall–Kier alpha value is -2.86. The lowest BCUT2D eigenvalue weighted by molar-refractivity contribution is -0.114. The van der Waals surface area contributed by atoms with Crippen molar-refractivity contribution in [2.45, 2.75) is 39.4 Å². The van der Waals surface area contributed by atoms with E-state index in [4.69, 9.17) is 0 Å². The van der Waals surface area contributed by atoms with Gasteiger partial charge in [-0.3, -0.25) is 14.7 Å². The van der Waals surface area contributed by atoms with Gasteiger partial charge in [-0.2, -0.15) is 0 Å². The van der Waals surface area contributed by atoms with E-state index in [1.165, 1.54) is 44.0 Å². The van der Waals surface area contributed by atoms with E-state index in [1.807, 2.05) is 24.3 Å². The van der Waals surface area contributed by atoms with Crippen molar-refractivity contribution in [3.63, 3.8) is 0 Å². The molecule has 0 radical (unpaired) electrons. The highest BCUT2D eigenvalue weighted by molar-refractivity contribution is 5.88. The second-order valence-electron chi connectivity index (χ2n) is 7.46. The van der Waals surface area contributed by atoms with Gasteiger partial charge in [0.05, 0.1) is 0 Å². The number of anilines is 1. The van der Waals surface area contributed by atoms with E-state index in [9.17, 15) is 4.79 Å². The molecule has 0 unspecified atom stereocenters. The van der Waals surface area contributed by atoms with Crippen LogP contribution in [-0.4, -0.2) is 36.9 Å². The van der Waals surface area contributed by atoms with Crippen molar-refractivity contribution < 1.29 is 4.79 Å². The van der Waals surface area contributed by atoms with Gasteiger partial charge in [0.2, 0.25) is 5.91 Å². The summed E-state index contributed by atoms with van der Waals surface area (Å²) in [6.07, 6.45) is 2.65. The molecule has 1 aliphatic heterocycles. The van der Waals surface area contributed by atoms with Crippen LogP contribution in [0.3, 0.4) is 0 Å². The quantitative estimate of drug-likeness (QED) is 0.499. The number of rotatable bonds is 7. The molecule has 6 heteroatoms.